The maximum atomic E-state index is 12.4. The Kier molecular flexibility index (Phi) is 5.88. The Balaban J connectivity index is 1.52. The first-order valence-electron chi connectivity index (χ1n) is 8.87. The van der Waals surface area contributed by atoms with Gasteiger partial charge < -0.3 is 19.4 Å². The fourth-order valence-corrected chi connectivity index (χ4v) is 3.00. The summed E-state index contributed by atoms with van der Waals surface area (Å²) in [6.45, 7) is 3.35. The summed E-state index contributed by atoms with van der Waals surface area (Å²) in [5.74, 6) is 0.623. The van der Waals surface area contributed by atoms with Gasteiger partial charge in [-0.1, -0.05) is 30.3 Å². The summed E-state index contributed by atoms with van der Waals surface area (Å²) in [6, 6.07) is 9.44. The van der Waals surface area contributed by atoms with Crippen LogP contribution in [0.3, 0.4) is 0 Å². The average molecular weight is 357 g/mol. The highest BCUT2D eigenvalue weighted by atomic mass is 16.5. The first kappa shape index (κ1) is 18.0. The molecule has 1 aromatic heterocycles. The second kappa shape index (κ2) is 8.51. The molecule has 1 aliphatic heterocycles. The van der Waals surface area contributed by atoms with Crippen molar-refractivity contribution in [1.29, 1.82) is 0 Å². The van der Waals surface area contributed by atoms with E-state index in [1.165, 1.54) is 0 Å². The SMILES string of the molecule is CCOC(=O)C1CCCN(C(=O)NCc2ncc(-c3ccccc3)o2)C1. The largest absolute Gasteiger partial charge is 0.466 e. The fraction of sp³-hybridized carbons (Fsp3) is 0.421. The first-order chi connectivity index (χ1) is 12.7. The lowest BCUT2D eigenvalue weighted by Gasteiger charge is -2.31. The van der Waals surface area contributed by atoms with E-state index in [0.29, 0.717) is 31.3 Å². The van der Waals surface area contributed by atoms with Crippen molar-refractivity contribution >= 4 is 12.0 Å². The van der Waals surface area contributed by atoms with E-state index in [4.69, 9.17) is 9.15 Å². The van der Waals surface area contributed by atoms with Crippen LogP contribution in [0.1, 0.15) is 25.7 Å². The Labute approximate surface area is 152 Å². The molecule has 26 heavy (non-hydrogen) atoms. The molecular weight excluding hydrogens is 334 g/mol. The zero-order valence-corrected chi connectivity index (χ0v) is 14.8. The third-order valence-electron chi connectivity index (χ3n) is 4.33. The topological polar surface area (TPSA) is 84.7 Å². The summed E-state index contributed by atoms with van der Waals surface area (Å²) in [5, 5.41) is 2.80. The van der Waals surface area contributed by atoms with E-state index < -0.39 is 0 Å². The van der Waals surface area contributed by atoms with Gasteiger partial charge in [-0.3, -0.25) is 4.79 Å². The number of hydrogen-bond donors (Lipinski definition) is 1. The van der Waals surface area contributed by atoms with Crippen molar-refractivity contribution in [2.75, 3.05) is 19.7 Å². The minimum Gasteiger partial charge on any atom is -0.466 e. The number of aromatic nitrogens is 1. The molecule has 1 N–H and O–H groups in total. The summed E-state index contributed by atoms with van der Waals surface area (Å²) in [4.78, 5) is 30.1. The molecule has 2 heterocycles. The monoisotopic (exact) mass is 357 g/mol. The highest BCUT2D eigenvalue weighted by Crippen LogP contribution is 2.20. The number of piperidine rings is 1. The molecule has 1 saturated heterocycles. The van der Waals surface area contributed by atoms with Gasteiger partial charge in [0.1, 0.15) is 0 Å². The molecule has 0 spiro atoms. The second-order valence-electron chi connectivity index (χ2n) is 6.18. The lowest BCUT2D eigenvalue weighted by molar-refractivity contribution is -0.149. The minimum absolute atomic E-state index is 0.201. The van der Waals surface area contributed by atoms with Gasteiger partial charge in [-0.25, -0.2) is 9.78 Å². The van der Waals surface area contributed by atoms with Crippen molar-refractivity contribution in [3.63, 3.8) is 0 Å². The van der Waals surface area contributed by atoms with Gasteiger partial charge in [0.05, 0.1) is 25.3 Å². The molecular formula is C19H23N3O4. The van der Waals surface area contributed by atoms with Crippen LogP contribution in [0.2, 0.25) is 0 Å². The molecule has 0 aliphatic carbocycles. The van der Waals surface area contributed by atoms with Gasteiger partial charge in [-0.05, 0) is 19.8 Å². The molecule has 2 amide bonds. The molecule has 0 saturated carbocycles. The summed E-state index contributed by atoms with van der Waals surface area (Å²) in [7, 11) is 0. The zero-order valence-electron chi connectivity index (χ0n) is 14.8. The number of likely N-dealkylation sites (tertiary alicyclic amines) is 1. The Morgan fingerprint density at radius 3 is 2.92 bits per heavy atom. The molecule has 3 rings (SSSR count). The van der Waals surface area contributed by atoms with Crippen LogP contribution in [0, 0.1) is 5.92 Å². The van der Waals surface area contributed by atoms with Crippen LogP contribution in [0.4, 0.5) is 4.79 Å². The molecule has 2 aromatic rings. The fourth-order valence-electron chi connectivity index (χ4n) is 3.00. The van der Waals surface area contributed by atoms with Crippen molar-refractivity contribution in [3.05, 3.63) is 42.4 Å². The number of carbonyl (C=O) groups is 2. The second-order valence-corrected chi connectivity index (χ2v) is 6.18. The molecule has 1 fully saturated rings. The number of amides is 2. The quantitative estimate of drug-likeness (QED) is 0.832. The van der Waals surface area contributed by atoms with Gasteiger partial charge in [0, 0.05) is 18.7 Å². The molecule has 7 nitrogen and oxygen atoms in total. The normalized spacial score (nSPS) is 17.0. The summed E-state index contributed by atoms with van der Waals surface area (Å²) in [5.41, 5.74) is 0.936. The number of urea groups is 1. The lowest BCUT2D eigenvalue weighted by Crippen LogP contribution is -2.47. The Hall–Kier alpha value is -2.83. The van der Waals surface area contributed by atoms with E-state index in [1.807, 2.05) is 30.3 Å². The highest BCUT2D eigenvalue weighted by molar-refractivity contribution is 5.77. The van der Waals surface area contributed by atoms with Crippen molar-refractivity contribution in [2.45, 2.75) is 26.3 Å². The molecule has 0 bridgehead atoms. The van der Waals surface area contributed by atoms with Crippen LogP contribution in [-0.4, -0.2) is 41.6 Å². The van der Waals surface area contributed by atoms with E-state index in [9.17, 15) is 9.59 Å². The highest BCUT2D eigenvalue weighted by Gasteiger charge is 2.29. The number of nitrogens with one attached hydrogen (secondary N) is 1. The van der Waals surface area contributed by atoms with Crippen LogP contribution < -0.4 is 5.32 Å². The van der Waals surface area contributed by atoms with Crippen molar-refractivity contribution in [3.8, 4) is 11.3 Å². The number of benzene rings is 1. The minimum atomic E-state index is -0.249. The molecule has 1 atom stereocenters. The Bertz CT molecular complexity index is 744. The van der Waals surface area contributed by atoms with E-state index in [1.54, 1.807) is 18.0 Å². The van der Waals surface area contributed by atoms with Crippen molar-refractivity contribution in [2.24, 2.45) is 5.92 Å². The number of nitrogens with zero attached hydrogens (tertiary/aromatic N) is 2. The van der Waals surface area contributed by atoms with Gasteiger partial charge in [-0.15, -0.1) is 0 Å². The number of oxazole rings is 1. The van der Waals surface area contributed by atoms with Crippen molar-refractivity contribution < 1.29 is 18.7 Å². The number of esters is 1. The molecule has 0 radical (unpaired) electrons. The van der Waals surface area contributed by atoms with Gasteiger partial charge in [0.2, 0.25) is 5.89 Å². The maximum Gasteiger partial charge on any atom is 0.317 e. The molecule has 1 unspecified atom stereocenters. The van der Waals surface area contributed by atoms with Crippen LogP contribution >= 0.6 is 0 Å². The Morgan fingerprint density at radius 2 is 2.15 bits per heavy atom. The molecule has 138 valence electrons. The van der Waals surface area contributed by atoms with Gasteiger partial charge in [0.25, 0.3) is 0 Å². The standard InChI is InChI=1S/C19H23N3O4/c1-2-25-18(23)15-9-6-10-22(13-15)19(24)21-12-17-20-11-16(26-17)14-7-4-3-5-8-14/h3-5,7-8,11,15H,2,6,9-10,12-13H2,1H3,(H,21,24). The molecule has 7 heteroatoms. The van der Waals surface area contributed by atoms with Crippen LogP contribution in [-0.2, 0) is 16.1 Å². The third kappa shape index (κ3) is 4.41. The summed E-state index contributed by atoms with van der Waals surface area (Å²) < 4.78 is 10.7. The number of hydrogen-bond acceptors (Lipinski definition) is 5. The third-order valence-corrected chi connectivity index (χ3v) is 4.33. The van der Waals surface area contributed by atoms with Crippen molar-refractivity contribution in [1.82, 2.24) is 15.2 Å². The summed E-state index contributed by atoms with van der Waals surface area (Å²) in [6.07, 6.45) is 3.19. The van der Waals surface area contributed by atoms with Crippen LogP contribution in [0.5, 0.6) is 0 Å². The number of rotatable bonds is 5. The first-order valence-corrected chi connectivity index (χ1v) is 8.87. The predicted octanol–water partition coefficient (Wildman–Crippen LogP) is 2.83. The van der Waals surface area contributed by atoms with Crippen LogP contribution in [0.15, 0.2) is 40.9 Å². The summed E-state index contributed by atoms with van der Waals surface area (Å²) >= 11 is 0. The average Bonchev–Trinajstić information content (AvgIpc) is 3.16. The lowest BCUT2D eigenvalue weighted by atomic mass is 9.98. The van der Waals surface area contributed by atoms with Gasteiger partial charge >= 0.3 is 12.0 Å². The zero-order chi connectivity index (χ0) is 18.4. The van der Waals surface area contributed by atoms with E-state index >= 15 is 0 Å². The molecule has 1 aromatic carbocycles. The van der Waals surface area contributed by atoms with E-state index in [-0.39, 0.29) is 24.5 Å². The molecule has 1 aliphatic rings. The van der Waals surface area contributed by atoms with E-state index in [2.05, 4.69) is 10.3 Å². The maximum absolute atomic E-state index is 12.4. The van der Waals surface area contributed by atoms with Crippen LogP contribution in [0.25, 0.3) is 11.3 Å². The number of carbonyl (C=O) groups excluding carboxylic acids is 2. The van der Waals surface area contributed by atoms with Gasteiger partial charge in [0.15, 0.2) is 5.76 Å². The van der Waals surface area contributed by atoms with Gasteiger partial charge in [-0.2, -0.15) is 0 Å². The number of ether oxygens (including phenoxy) is 1. The van der Waals surface area contributed by atoms with E-state index in [0.717, 1.165) is 18.4 Å². The smallest absolute Gasteiger partial charge is 0.317 e. The predicted molar refractivity (Wildman–Crippen MR) is 95.1 cm³/mol. The Morgan fingerprint density at radius 1 is 1.35 bits per heavy atom.